The second-order valence-electron chi connectivity index (χ2n) is 3.58. The van der Waals surface area contributed by atoms with Gasteiger partial charge in [-0.25, -0.2) is 0 Å². The first-order chi connectivity index (χ1) is 7.15. The topological polar surface area (TPSA) is 58.6 Å². The van der Waals surface area contributed by atoms with Gasteiger partial charge in [-0.2, -0.15) is 0 Å². The van der Waals surface area contributed by atoms with Crippen LogP contribution in [0, 0.1) is 0 Å². The van der Waals surface area contributed by atoms with E-state index in [2.05, 4.69) is 5.32 Å². The highest BCUT2D eigenvalue weighted by Gasteiger charge is 2.22. The molecule has 15 heavy (non-hydrogen) atoms. The highest BCUT2D eigenvalue weighted by Crippen LogP contribution is 2.00. The minimum absolute atomic E-state index is 0.0277. The van der Waals surface area contributed by atoms with Crippen molar-refractivity contribution in [3.8, 4) is 0 Å². The van der Waals surface area contributed by atoms with Crippen molar-refractivity contribution in [2.45, 2.75) is 26.3 Å². The molecule has 1 heterocycles. The first-order valence-corrected chi connectivity index (χ1v) is 5.31. The lowest BCUT2D eigenvalue weighted by Gasteiger charge is -2.29. The van der Waals surface area contributed by atoms with Gasteiger partial charge in [-0.1, -0.05) is 6.92 Å². The van der Waals surface area contributed by atoms with Gasteiger partial charge >= 0.3 is 0 Å². The maximum Gasteiger partial charge on any atom is 0.245 e. The van der Waals surface area contributed by atoms with Crippen LogP contribution in [0.25, 0.3) is 0 Å². The van der Waals surface area contributed by atoms with Gasteiger partial charge in [0.1, 0.15) is 6.04 Å². The van der Waals surface area contributed by atoms with Crippen molar-refractivity contribution in [1.29, 1.82) is 0 Å². The first-order valence-electron chi connectivity index (χ1n) is 5.31. The van der Waals surface area contributed by atoms with Crippen molar-refractivity contribution in [3.63, 3.8) is 0 Å². The molecule has 2 amide bonds. The van der Waals surface area contributed by atoms with Gasteiger partial charge in [-0.15, -0.1) is 0 Å². The predicted octanol–water partition coefficient (Wildman–Crippen LogP) is -0.240. The van der Waals surface area contributed by atoms with Crippen molar-refractivity contribution < 1.29 is 14.3 Å². The van der Waals surface area contributed by atoms with Crippen LogP contribution in [-0.2, 0) is 14.3 Å². The molecular weight excluding hydrogens is 196 g/mol. The molecular formula is C10H18N2O3. The Morgan fingerprint density at radius 3 is 2.53 bits per heavy atom. The SMILES string of the molecule is CCC(=O)NC(C)C(=O)N1CCOCC1. The molecule has 0 aromatic rings. The molecule has 0 spiro atoms. The van der Waals surface area contributed by atoms with Crippen LogP contribution in [0.4, 0.5) is 0 Å². The van der Waals surface area contributed by atoms with Gasteiger partial charge in [0.2, 0.25) is 11.8 Å². The Kier molecular flexibility index (Phi) is 4.55. The molecule has 5 nitrogen and oxygen atoms in total. The van der Waals surface area contributed by atoms with E-state index in [1.165, 1.54) is 0 Å². The Hall–Kier alpha value is -1.10. The average molecular weight is 214 g/mol. The summed E-state index contributed by atoms with van der Waals surface area (Å²) in [5, 5.41) is 2.66. The van der Waals surface area contributed by atoms with Crippen molar-refractivity contribution in [2.24, 2.45) is 0 Å². The third-order valence-corrected chi connectivity index (χ3v) is 2.39. The summed E-state index contributed by atoms with van der Waals surface area (Å²) < 4.78 is 5.15. The fourth-order valence-corrected chi connectivity index (χ4v) is 1.46. The number of carbonyl (C=O) groups excluding carboxylic acids is 2. The Bertz CT molecular complexity index is 237. The van der Waals surface area contributed by atoms with Crippen LogP contribution in [0.2, 0.25) is 0 Å². The largest absolute Gasteiger partial charge is 0.378 e. The summed E-state index contributed by atoms with van der Waals surface area (Å²) in [6.45, 7) is 5.88. The molecule has 1 saturated heterocycles. The number of amides is 2. The zero-order chi connectivity index (χ0) is 11.3. The number of morpholine rings is 1. The minimum atomic E-state index is -0.435. The van der Waals surface area contributed by atoms with Gasteiger partial charge in [-0.05, 0) is 6.92 Å². The van der Waals surface area contributed by atoms with E-state index in [4.69, 9.17) is 4.74 Å². The lowest BCUT2D eigenvalue weighted by atomic mass is 10.2. The highest BCUT2D eigenvalue weighted by atomic mass is 16.5. The number of hydrogen-bond acceptors (Lipinski definition) is 3. The van der Waals surface area contributed by atoms with Gasteiger partial charge in [0.15, 0.2) is 0 Å². The van der Waals surface area contributed by atoms with E-state index >= 15 is 0 Å². The van der Waals surface area contributed by atoms with E-state index in [0.717, 1.165) is 0 Å². The van der Waals surface area contributed by atoms with Gasteiger partial charge < -0.3 is 15.0 Å². The molecule has 0 aromatic carbocycles. The molecule has 5 heteroatoms. The third-order valence-electron chi connectivity index (χ3n) is 2.39. The molecule has 1 fully saturated rings. The van der Waals surface area contributed by atoms with Crippen LogP contribution in [0.1, 0.15) is 20.3 Å². The quantitative estimate of drug-likeness (QED) is 0.705. The Labute approximate surface area is 89.8 Å². The maximum absolute atomic E-state index is 11.8. The summed E-state index contributed by atoms with van der Waals surface area (Å²) >= 11 is 0. The maximum atomic E-state index is 11.8. The molecule has 0 radical (unpaired) electrons. The third kappa shape index (κ3) is 3.51. The van der Waals surface area contributed by atoms with Gasteiger partial charge in [0.25, 0.3) is 0 Å². The average Bonchev–Trinajstić information content (AvgIpc) is 2.29. The molecule has 1 unspecified atom stereocenters. The smallest absolute Gasteiger partial charge is 0.245 e. The molecule has 0 saturated carbocycles. The molecule has 0 aliphatic carbocycles. The van der Waals surface area contributed by atoms with Crippen molar-refractivity contribution in [2.75, 3.05) is 26.3 Å². The van der Waals surface area contributed by atoms with Crippen LogP contribution in [-0.4, -0.2) is 49.1 Å². The molecule has 1 rings (SSSR count). The highest BCUT2D eigenvalue weighted by molar-refractivity contribution is 5.87. The molecule has 1 aliphatic rings. The van der Waals surface area contributed by atoms with Crippen LogP contribution in [0.5, 0.6) is 0 Å². The summed E-state index contributed by atoms with van der Waals surface area (Å²) in [5.41, 5.74) is 0. The van der Waals surface area contributed by atoms with E-state index in [0.29, 0.717) is 32.7 Å². The van der Waals surface area contributed by atoms with E-state index in [-0.39, 0.29) is 11.8 Å². The lowest BCUT2D eigenvalue weighted by molar-refractivity contribution is -0.139. The summed E-state index contributed by atoms with van der Waals surface area (Å²) in [7, 11) is 0. The fourth-order valence-electron chi connectivity index (χ4n) is 1.46. The van der Waals surface area contributed by atoms with Crippen molar-refractivity contribution in [3.05, 3.63) is 0 Å². The molecule has 1 atom stereocenters. The zero-order valence-corrected chi connectivity index (χ0v) is 9.28. The number of rotatable bonds is 3. The van der Waals surface area contributed by atoms with Crippen molar-refractivity contribution >= 4 is 11.8 Å². The monoisotopic (exact) mass is 214 g/mol. The lowest BCUT2D eigenvalue weighted by Crippen LogP contribution is -2.50. The second kappa shape index (κ2) is 5.70. The van der Waals surface area contributed by atoms with E-state index in [1.54, 1.807) is 18.7 Å². The molecule has 1 N–H and O–H groups in total. The van der Waals surface area contributed by atoms with Gasteiger partial charge in [-0.3, -0.25) is 9.59 Å². The first kappa shape index (κ1) is 12.0. The van der Waals surface area contributed by atoms with Crippen LogP contribution < -0.4 is 5.32 Å². The standard InChI is InChI=1S/C10H18N2O3/c1-3-9(13)11-8(2)10(14)12-4-6-15-7-5-12/h8H,3-7H2,1-2H3,(H,11,13). The van der Waals surface area contributed by atoms with Crippen LogP contribution in [0.3, 0.4) is 0 Å². The van der Waals surface area contributed by atoms with E-state index < -0.39 is 6.04 Å². The number of carbonyl (C=O) groups is 2. The number of ether oxygens (including phenoxy) is 1. The summed E-state index contributed by atoms with van der Waals surface area (Å²) in [6.07, 6.45) is 0.404. The molecule has 0 aromatic heterocycles. The number of nitrogens with one attached hydrogen (secondary N) is 1. The normalized spacial score (nSPS) is 18.4. The van der Waals surface area contributed by atoms with E-state index in [1.807, 2.05) is 0 Å². The predicted molar refractivity (Wildman–Crippen MR) is 55.3 cm³/mol. The number of hydrogen-bond donors (Lipinski definition) is 1. The number of nitrogens with zero attached hydrogens (tertiary/aromatic N) is 1. The molecule has 86 valence electrons. The fraction of sp³-hybridized carbons (Fsp3) is 0.800. The van der Waals surface area contributed by atoms with Crippen LogP contribution >= 0.6 is 0 Å². The molecule has 0 bridgehead atoms. The van der Waals surface area contributed by atoms with Crippen LogP contribution in [0.15, 0.2) is 0 Å². The van der Waals surface area contributed by atoms with Gasteiger partial charge in [0, 0.05) is 19.5 Å². The molecule has 1 aliphatic heterocycles. The summed E-state index contributed by atoms with van der Waals surface area (Å²) in [5.74, 6) is -0.121. The van der Waals surface area contributed by atoms with Crippen molar-refractivity contribution in [1.82, 2.24) is 10.2 Å². The zero-order valence-electron chi connectivity index (χ0n) is 9.28. The minimum Gasteiger partial charge on any atom is -0.378 e. The van der Waals surface area contributed by atoms with Gasteiger partial charge in [0.05, 0.1) is 13.2 Å². The Morgan fingerprint density at radius 2 is 2.00 bits per heavy atom. The Morgan fingerprint density at radius 1 is 1.40 bits per heavy atom. The second-order valence-corrected chi connectivity index (χ2v) is 3.58. The summed E-state index contributed by atoms with van der Waals surface area (Å²) in [6, 6.07) is -0.435. The van der Waals surface area contributed by atoms with E-state index in [9.17, 15) is 9.59 Å². The summed E-state index contributed by atoms with van der Waals surface area (Å²) in [4.78, 5) is 24.6. The Balaban J connectivity index is 2.40.